The fourth-order valence-corrected chi connectivity index (χ4v) is 10.5. The Balaban J connectivity index is 1.62. The molecule has 3 heterocycles. The summed E-state index contributed by atoms with van der Waals surface area (Å²) in [7, 11) is 1.73. The number of aliphatic hydroxyl groups is 1. The molecule has 7 atom stereocenters. The van der Waals surface area contributed by atoms with Gasteiger partial charge in [0, 0.05) is 35.9 Å². The van der Waals surface area contributed by atoms with E-state index >= 15 is 0 Å². The Morgan fingerprint density at radius 1 is 1.18 bits per heavy atom. The molecule has 0 radical (unpaired) electrons. The Hall–Kier alpha value is -2.62. The number of alkyl halides is 1. The maximum absolute atomic E-state index is 14.8. The normalized spacial score (nSPS) is 29.4. The number of benzene rings is 2. The van der Waals surface area contributed by atoms with E-state index in [1.807, 2.05) is 49.4 Å². The minimum absolute atomic E-state index is 0.0226. The van der Waals surface area contributed by atoms with Crippen molar-refractivity contribution in [2.24, 2.45) is 11.8 Å². The van der Waals surface area contributed by atoms with E-state index < -0.39 is 28.7 Å². The lowest BCUT2D eigenvalue weighted by Gasteiger charge is -2.40. The van der Waals surface area contributed by atoms with Crippen molar-refractivity contribution in [2.75, 3.05) is 31.6 Å². The average molecular weight is 627 g/mol. The first-order valence-electron chi connectivity index (χ1n) is 13.8. The maximum Gasteiger partial charge on any atom is 0.251 e. The number of aliphatic hydroxyl groups excluding tert-OH is 1. The van der Waals surface area contributed by atoms with Gasteiger partial charge in [0.05, 0.1) is 29.2 Å². The van der Waals surface area contributed by atoms with Crippen molar-refractivity contribution in [3.8, 4) is 0 Å². The summed E-state index contributed by atoms with van der Waals surface area (Å²) in [5.74, 6) is -1.74. The van der Waals surface area contributed by atoms with Crippen LogP contribution in [0.4, 0.5) is 5.69 Å². The molecule has 3 amide bonds. The van der Waals surface area contributed by atoms with Gasteiger partial charge in [-0.3, -0.25) is 14.4 Å². The van der Waals surface area contributed by atoms with E-state index in [0.29, 0.717) is 19.4 Å². The van der Waals surface area contributed by atoms with Crippen molar-refractivity contribution in [2.45, 2.75) is 46.7 Å². The summed E-state index contributed by atoms with van der Waals surface area (Å²) in [4.78, 5) is 47.8. The summed E-state index contributed by atoms with van der Waals surface area (Å²) >= 11 is 5.43. The second-order valence-electron chi connectivity index (χ2n) is 10.9. The van der Waals surface area contributed by atoms with Crippen LogP contribution in [0.15, 0.2) is 67.8 Å². The number of fused-ring (bicyclic) bond motifs is 2. The minimum atomic E-state index is -0.828. The second kappa shape index (κ2) is 11.3. The molecule has 3 aliphatic heterocycles. The first kappa shape index (κ1) is 28.9. The Labute approximate surface area is 248 Å². The van der Waals surface area contributed by atoms with Crippen LogP contribution in [0.1, 0.15) is 19.8 Å². The molecule has 2 bridgehead atoms. The van der Waals surface area contributed by atoms with E-state index in [1.54, 1.807) is 45.7 Å². The largest absolute Gasteiger partial charge is 0.394 e. The molecular weight excluding hydrogens is 590 g/mol. The van der Waals surface area contributed by atoms with Gasteiger partial charge in [-0.1, -0.05) is 65.3 Å². The first-order valence-corrected chi connectivity index (χ1v) is 15.5. The number of carbonyl (C=O) groups is 3. The van der Waals surface area contributed by atoms with Crippen molar-refractivity contribution in [3.05, 3.63) is 67.8 Å². The van der Waals surface area contributed by atoms with Crippen LogP contribution in [0.2, 0.25) is 0 Å². The van der Waals surface area contributed by atoms with Crippen molar-refractivity contribution >= 4 is 61.9 Å². The molecule has 0 aliphatic carbocycles. The summed E-state index contributed by atoms with van der Waals surface area (Å²) in [5.41, 5.74) is 0.721. The number of likely N-dealkylation sites (tertiary alicyclic amines) is 1. The van der Waals surface area contributed by atoms with Crippen molar-refractivity contribution in [3.63, 3.8) is 0 Å². The molecule has 3 saturated heterocycles. The number of carbonyl (C=O) groups excluding carboxylic acids is 3. The Morgan fingerprint density at radius 2 is 1.88 bits per heavy atom. The number of halogens is 1. The van der Waals surface area contributed by atoms with E-state index in [2.05, 4.69) is 29.1 Å². The fraction of sp³-hybridized carbons (Fsp3) is 0.452. The SMILES string of the molecule is C=CCN(C)C(=O)[C@H]1[C@@H]2SC3(CC2Br)C(C(=O)N(CC=C)c2ccc4ccccc4c2)N([C@@H](CC)CO)C(=O)[C@H]13. The molecule has 0 aromatic heterocycles. The molecular formula is C31H36BrN3O4S. The van der Waals surface area contributed by atoms with Crippen LogP contribution in [-0.4, -0.2) is 86.3 Å². The molecule has 0 saturated carbocycles. The second-order valence-corrected chi connectivity index (χ2v) is 13.6. The lowest BCUT2D eigenvalue weighted by molar-refractivity contribution is -0.144. The Kier molecular flexibility index (Phi) is 8.19. The van der Waals surface area contributed by atoms with Crippen LogP contribution >= 0.6 is 27.7 Å². The van der Waals surface area contributed by atoms with Gasteiger partial charge < -0.3 is 19.8 Å². The third-order valence-electron chi connectivity index (χ3n) is 8.72. The number of hydrogen-bond acceptors (Lipinski definition) is 5. The molecule has 3 aliphatic rings. The van der Waals surface area contributed by atoms with Crippen molar-refractivity contribution in [1.29, 1.82) is 0 Å². The fourth-order valence-electron chi connectivity index (χ4n) is 6.92. The summed E-state index contributed by atoms with van der Waals surface area (Å²) in [6.07, 6.45) is 4.44. The van der Waals surface area contributed by atoms with E-state index in [9.17, 15) is 19.5 Å². The van der Waals surface area contributed by atoms with Gasteiger partial charge >= 0.3 is 0 Å². The monoisotopic (exact) mass is 625 g/mol. The highest BCUT2D eigenvalue weighted by molar-refractivity contribution is 9.09. The zero-order valence-electron chi connectivity index (χ0n) is 22.9. The van der Waals surface area contributed by atoms with Gasteiger partial charge in [-0.25, -0.2) is 0 Å². The van der Waals surface area contributed by atoms with E-state index in [0.717, 1.165) is 16.5 Å². The molecule has 3 unspecified atom stereocenters. The van der Waals surface area contributed by atoms with Crippen LogP contribution in [0.5, 0.6) is 0 Å². The number of anilines is 1. The van der Waals surface area contributed by atoms with Gasteiger partial charge in [-0.15, -0.1) is 24.9 Å². The van der Waals surface area contributed by atoms with E-state index in [4.69, 9.17) is 0 Å². The lowest BCUT2D eigenvalue weighted by atomic mass is 9.70. The zero-order valence-corrected chi connectivity index (χ0v) is 25.3. The molecule has 5 rings (SSSR count). The maximum atomic E-state index is 14.8. The third-order valence-corrected chi connectivity index (χ3v) is 11.9. The topological polar surface area (TPSA) is 81.2 Å². The van der Waals surface area contributed by atoms with Gasteiger partial charge in [-0.2, -0.15) is 0 Å². The molecule has 7 nitrogen and oxygen atoms in total. The van der Waals surface area contributed by atoms with Crippen LogP contribution in [0, 0.1) is 11.8 Å². The summed E-state index contributed by atoms with van der Waals surface area (Å²) < 4.78 is -0.790. The van der Waals surface area contributed by atoms with Crippen LogP contribution in [0.3, 0.4) is 0 Å². The number of nitrogens with zero attached hydrogens (tertiary/aromatic N) is 3. The quantitative estimate of drug-likeness (QED) is 0.316. The Bertz CT molecular complexity index is 1350. The zero-order chi connectivity index (χ0) is 28.8. The summed E-state index contributed by atoms with van der Waals surface area (Å²) in [6, 6.07) is 12.5. The number of amides is 3. The highest BCUT2D eigenvalue weighted by Crippen LogP contribution is 2.68. The lowest BCUT2D eigenvalue weighted by Crippen LogP contribution is -2.58. The smallest absolute Gasteiger partial charge is 0.251 e. The van der Waals surface area contributed by atoms with Crippen LogP contribution < -0.4 is 4.90 Å². The molecule has 212 valence electrons. The predicted molar refractivity (Wildman–Crippen MR) is 165 cm³/mol. The average Bonchev–Trinajstić information content (AvgIpc) is 3.55. The molecule has 40 heavy (non-hydrogen) atoms. The minimum Gasteiger partial charge on any atom is -0.394 e. The van der Waals surface area contributed by atoms with Crippen molar-refractivity contribution < 1.29 is 19.5 Å². The van der Waals surface area contributed by atoms with Crippen molar-refractivity contribution in [1.82, 2.24) is 9.80 Å². The van der Waals surface area contributed by atoms with Crippen LogP contribution in [-0.2, 0) is 14.4 Å². The standard InChI is InChI=1S/C31H36BrN3O4S/c1-5-14-33(4)28(37)24-25-29(38)35(21(7-3)18-36)27(31(25)17-23(32)26(24)40-31)30(39)34(15-6-2)22-13-12-19-10-8-9-11-20(19)16-22/h5-6,8-13,16,21,23-27,36H,1-2,7,14-15,17-18H2,3-4H3/t21-,23?,24+,25-,26+,27?,31?/m0/s1. The molecule has 2 aromatic rings. The third kappa shape index (κ3) is 4.41. The van der Waals surface area contributed by atoms with Gasteiger partial charge in [0.1, 0.15) is 6.04 Å². The van der Waals surface area contributed by atoms with Gasteiger partial charge in [-0.05, 0) is 35.7 Å². The van der Waals surface area contributed by atoms with E-state index in [-0.39, 0.29) is 41.0 Å². The molecule has 1 spiro atoms. The van der Waals surface area contributed by atoms with Gasteiger partial charge in [0.15, 0.2) is 0 Å². The number of thioether (sulfide) groups is 1. The highest BCUT2D eigenvalue weighted by Gasteiger charge is 2.76. The molecule has 1 N–H and O–H groups in total. The van der Waals surface area contributed by atoms with Gasteiger partial charge in [0.2, 0.25) is 11.8 Å². The summed E-state index contributed by atoms with van der Waals surface area (Å²) in [5, 5.41) is 12.3. The highest BCUT2D eigenvalue weighted by atomic mass is 79.9. The number of likely N-dealkylation sites (N-methyl/N-ethyl adjacent to an activating group) is 1. The number of hydrogen-bond donors (Lipinski definition) is 1. The number of rotatable bonds is 10. The summed E-state index contributed by atoms with van der Waals surface area (Å²) in [6.45, 7) is 9.97. The molecule has 3 fully saturated rings. The van der Waals surface area contributed by atoms with Crippen LogP contribution in [0.25, 0.3) is 10.8 Å². The first-order chi connectivity index (χ1) is 19.2. The Morgan fingerprint density at radius 3 is 2.52 bits per heavy atom. The van der Waals surface area contributed by atoms with E-state index in [1.165, 1.54) is 0 Å². The predicted octanol–water partition coefficient (Wildman–Crippen LogP) is 4.24. The molecule has 2 aromatic carbocycles. The van der Waals surface area contributed by atoms with Gasteiger partial charge in [0.25, 0.3) is 5.91 Å². The molecule has 9 heteroatoms.